The Morgan fingerprint density at radius 1 is 1.35 bits per heavy atom. The topological polar surface area (TPSA) is 95.6 Å². The summed E-state index contributed by atoms with van der Waals surface area (Å²) in [6.07, 6.45) is 5.67. The van der Waals surface area contributed by atoms with Gasteiger partial charge in [0, 0.05) is 31.0 Å². The first-order chi connectivity index (χ1) is 12.6. The Hall–Kier alpha value is -2.51. The number of carbonyl (C=O) groups is 1. The van der Waals surface area contributed by atoms with Gasteiger partial charge in [0.2, 0.25) is 11.9 Å². The Labute approximate surface area is 153 Å². The van der Waals surface area contributed by atoms with E-state index in [9.17, 15) is 9.90 Å². The molecular formula is C19H25N5O2. The van der Waals surface area contributed by atoms with Crippen LogP contribution in [0.25, 0.3) is 11.1 Å². The number of likely N-dealkylation sites (N-methyl/N-ethyl adjacent to an activating group) is 1. The molecule has 0 saturated carbocycles. The Kier molecular flexibility index (Phi) is 5.80. The monoisotopic (exact) mass is 355 g/mol. The highest BCUT2D eigenvalue weighted by atomic mass is 16.3. The first-order valence-corrected chi connectivity index (χ1v) is 8.82. The lowest BCUT2D eigenvalue weighted by atomic mass is 10.1. The van der Waals surface area contributed by atoms with Crippen LogP contribution >= 0.6 is 0 Å². The number of amides is 1. The van der Waals surface area contributed by atoms with Crippen LogP contribution < -0.4 is 10.6 Å². The second kappa shape index (κ2) is 8.25. The van der Waals surface area contributed by atoms with E-state index in [4.69, 9.17) is 5.73 Å². The summed E-state index contributed by atoms with van der Waals surface area (Å²) in [5.74, 6) is 0.332. The van der Waals surface area contributed by atoms with E-state index in [1.807, 2.05) is 42.5 Å². The van der Waals surface area contributed by atoms with Crippen LogP contribution in [0.5, 0.6) is 0 Å². The number of primary amides is 1. The van der Waals surface area contributed by atoms with E-state index in [1.165, 1.54) is 0 Å². The van der Waals surface area contributed by atoms with E-state index in [-0.39, 0.29) is 25.1 Å². The fourth-order valence-corrected chi connectivity index (χ4v) is 3.39. The number of aliphatic hydroxyl groups is 1. The van der Waals surface area contributed by atoms with Crippen molar-refractivity contribution in [2.24, 2.45) is 5.73 Å². The van der Waals surface area contributed by atoms with Crippen molar-refractivity contribution in [1.82, 2.24) is 14.9 Å². The number of nitrogens with zero attached hydrogens (tertiary/aromatic N) is 4. The summed E-state index contributed by atoms with van der Waals surface area (Å²) in [5, 5.41) is 9.46. The van der Waals surface area contributed by atoms with Gasteiger partial charge in [0.15, 0.2) is 0 Å². The summed E-state index contributed by atoms with van der Waals surface area (Å²) in [6.45, 7) is 1.88. The Morgan fingerprint density at radius 2 is 2.12 bits per heavy atom. The average Bonchev–Trinajstić information content (AvgIpc) is 3.10. The molecule has 26 heavy (non-hydrogen) atoms. The number of carbonyl (C=O) groups excluding carboxylic acids is 1. The number of aromatic nitrogens is 2. The minimum Gasteiger partial charge on any atom is -0.394 e. The average molecular weight is 355 g/mol. The van der Waals surface area contributed by atoms with Crippen molar-refractivity contribution < 1.29 is 9.90 Å². The number of anilines is 1. The number of rotatable bonds is 7. The molecule has 2 aromatic rings. The van der Waals surface area contributed by atoms with Crippen LogP contribution in [0.3, 0.4) is 0 Å². The number of aliphatic hydroxyl groups excluding tert-OH is 1. The van der Waals surface area contributed by atoms with Gasteiger partial charge in [-0.25, -0.2) is 9.97 Å². The van der Waals surface area contributed by atoms with Crippen molar-refractivity contribution in [3.05, 3.63) is 42.2 Å². The van der Waals surface area contributed by atoms with Gasteiger partial charge >= 0.3 is 0 Å². The van der Waals surface area contributed by atoms with Crippen LogP contribution in [0.2, 0.25) is 0 Å². The number of benzene rings is 1. The minimum absolute atomic E-state index is 0.116. The zero-order valence-corrected chi connectivity index (χ0v) is 15.0. The predicted octanol–water partition coefficient (Wildman–Crippen LogP) is 1.02. The molecule has 3 N–H and O–H groups in total. The summed E-state index contributed by atoms with van der Waals surface area (Å²) in [6, 6.07) is 8.21. The van der Waals surface area contributed by atoms with E-state index in [2.05, 4.69) is 20.9 Å². The SMILES string of the molecule is CN(CC(N)=O)Cc1cccc(-c2cnc(N3CCC[C@@H]3CO)nc2)c1. The van der Waals surface area contributed by atoms with Crippen molar-refractivity contribution >= 4 is 11.9 Å². The molecular weight excluding hydrogens is 330 g/mol. The third-order valence-corrected chi connectivity index (χ3v) is 4.62. The van der Waals surface area contributed by atoms with Crippen molar-refractivity contribution in [2.75, 3.05) is 31.6 Å². The lowest BCUT2D eigenvalue weighted by Gasteiger charge is -2.22. The largest absolute Gasteiger partial charge is 0.394 e. The van der Waals surface area contributed by atoms with Gasteiger partial charge in [0.1, 0.15) is 0 Å². The van der Waals surface area contributed by atoms with E-state index in [0.717, 1.165) is 36.1 Å². The number of hydrogen-bond donors (Lipinski definition) is 2. The first kappa shape index (κ1) is 18.3. The molecule has 1 aliphatic rings. The molecule has 1 aromatic heterocycles. The molecule has 1 fully saturated rings. The normalized spacial score (nSPS) is 17.0. The van der Waals surface area contributed by atoms with E-state index >= 15 is 0 Å². The lowest BCUT2D eigenvalue weighted by Crippen LogP contribution is -2.33. The van der Waals surface area contributed by atoms with Gasteiger partial charge in [0.05, 0.1) is 19.2 Å². The molecule has 3 rings (SSSR count). The summed E-state index contributed by atoms with van der Waals surface area (Å²) in [5.41, 5.74) is 8.30. The summed E-state index contributed by atoms with van der Waals surface area (Å²) in [4.78, 5) is 24.0. The molecule has 0 radical (unpaired) electrons. The highest BCUT2D eigenvalue weighted by Crippen LogP contribution is 2.24. The molecule has 138 valence electrons. The van der Waals surface area contributed by atoms with Crippen LogP contribution in [0.15, 0.2) is 36.7 Å². The maximum absolute atomic E-state index is 11.0. The van der Waals surface area contributed by atoms with Crippen LogP contribution in [0.1, 0.15) is 18.4 Å². The van der Waals surface area contributed by atoms with Crippen molar-refractivity contribution in [3.63, 3.8) is 0 Å². The van der Waals surface area contributed by atoms with Gasteiger partial charge < -0.3 is 15.7 Å². The van der Waals surface area contributed by atoms with Gasteiger partial charge in [-0.15, -0.1) is 0 Å². The molecule has 0 bridgehead atoms. The summed E-state index contributed by atoms with van der Waals surface area (Å²) in [7, 11) is 1.86. The molecule has 7 heteroatoms. The molecule has 1 atom stereocenters. The van der Waals surface area contributed by atoms with Crippen LogP contribution in [0, 0.1) is 0 Å². The summed E-state index contributed by atoms with van der Waals surface area (Å²) >= 11 is 0. The quantitative estimate of drug-likeness (QED) is 0.770. The summed E-state index contributed by atoms with van der Waals surface area (Å²) < 4.78 is 0. The maximum Gasteiger partial charge on any atom is 0.231 e. The zero-order chi connectivity index (χ0) is 18.5. The second-order valence-corrected chi connectivity index (χ2v) is 6.78. The minimum atomic E-state index is -0.337. The van der Waals surface area contributed by atoms with Gasteiger partial charge in [-0.3, -0.25) is 9.69 Å². The van der Waals surface area contributed by atoms with E-state index in [1.54, 1.807) is 0 Å². The highest BCUT2D eigenvalue weighted by molar-refractivity contribution is 5.75. The first-order valence-electron chi connectivity index (χ1n) is 8.82. The molecule has 7 nitrogen and oxygen atoms in total. The molecule has 0 unspecified atom stereocenters. The van der Waals surface area contributed by atoms with Gasteiger partial charge in [0.25, 0.3) is 0 Å². The van der Waals surface area contributed by atoms with Crippen molar-refractivity contribution in [3.8, 4) is 11.1 Å². The Balaban J connectivity index is 1.73. The van der Waals surface area contributed by atoms with E-state index < -0.39 is 0 Å². The maximum atomic E-state index is 11.0. The molecule has 0 aliphatic carbocycles. The van der Waals surface area contributed by atoms with Gasteiger partial charge in [-0.2, -0.15) is 0 Å². The third kappa shape index (κ3) is 4.36. The van der Waals surface area contributed by atoms with E-state index in [0.29, 0.717) is 12.5 Å². The molecule has 2 heterocycles. The van der Waals surface area contributed by atoms with Crippen molar-refractivity contribution in [2.45, 2.75) is 25.4 Å². The molecule has 1 amide bonds. The predicted molar refractivity (Wildman–Crippen MR) is 100 cm³/mol. The fraction of sp³-hybridized carbons (Fsp3) is 0.421. The number of hydrogen-bond acceptors (Lipinski definition) is 6. The third-order valence-electron chi connectivity index (χ3n) is 4.62. The molecule has 0 spiro atoms. The molecule has 1 aromatic carbocycles. The Morgan fingerprint density at radius 3 is 2.81 bits per heavy atom. The number of nitrogens with two attached hydrogens (primary N) is 1. The van der Waals surface area contributed by atoms with Gasteiger partial charge in [-0.1, -0.05) is 18.2 Å². The van der Waals surface area contributed by atoms with Gasteiger partial charge in [-0.05, 0) is 37.1 Å². The van der Waals surface area contributed by atoms with Crippen molar-refractivity contribution in [1.29, 1.82) is 0 Å². The highest BCUT2D eigenvalue weighted by Gasteiger charge is 2.25. The molecule has 1 aliphatic heterocycles. The zero-order valence-electron chi connectivity index (χ0n) is 15.0. The smallest absolute Gasteiger partial charge is 0.231 e. The lowest BCUT2D eigenvalue weighted by molar-refractivity contribution is -0.118. The van der Waals surface area contributed by atoms with Crippen LogP contribution in [-0.4, -0.2) is 58.7 Å². The standard InChI is InChI=1S/C19H25N5O2/c1-23(12-18(20)26)11-14-4-2-5-15(8-14)16-9-21-19(22-10-16)24-7-3-6-17(24)13-25/h2,4-5,8-10,17,25H,3,6-7,11-13H2,1H3,(H2,20,26)/t17-/m1/s1. The second-order valence-electron chi connectivity index (χ2n) is 6.78. The van der Waals surface area contributed by atoms with Crippen LogP contribution in [0.4, 0.5) is 5.95 Å². The van der Waals surface area contributed by atoms with Crippen LogP contribution in [-0.2, 0) is 11.3 Å². The fourth-order valence-electron chi connectivity index (χ4n) is 3.39. The Bertz CT molecular complexity index is 750. The molecule has 1 saturated heterocycles.